The molecule has 5 heteroatoms. The molecule has 0 saturated heterocycles. The zero-order valence-corrected chi connectivity index (χ0v) is 12.9. The largest absolute Gasteiger partial charge is 0.490 e. The van der Waals surface area contributed by atoms with Crippen LogP contribution in [0.1, 0.15) is 45.2 Å². The number of nitrogens with one attached hydrogen (secondary N) is 1. The molecule has 0 heterocycles. The van der Waals surface area contributed by atoms with Crippen molar-refractivity contribution >= 4 is 6.09 Å². The third-order valence-corrected chi connectivity index (χ3v) is 2.98. The summed E-state index contributed by atoms with van der Waals surface area (Å²) in [5, 5.41) is 2.68. The number of amides is 1. The number of benzene rings is 1. The first kappa shape index (κ1) is 15.6. The lowest BCUT2D eigenvalue weighted by molar-refractivity contribution is 0.0524. The standard InChI is InChI=1S/C16H24N2O3/c1-16(2,3)21-15(19)18-10-14(17)11-5-4-6-13(9-11)20-12-7-8-12/h4-6,9,12,14H,7-8,10,17H2,1-3H3,(H,18,19). The highest BCUT2D eigenvalue weighted by Gasteiger charge is 2.23. The highest BCUT2D eigenvalue weighted by Crippen LogP contribution is 2.27. The molecule has 1 saturated carbocycles. The average molecular weight is 292 g/mol. The number of hydrogen-bond donors (Lipinski definition) is 2. The number of nitrogens with two attached hydrogens (primary N) is 1. The predicted octanol–water partition coefficient (Wildman–Crippen LogP) is 2.75. The molecule has 0 bridgehead atoms. The number of ether oxygens (including phenoxy) is 2. The normalized spacial score (nSPS) is 16.2. The molecule has 1 aromatic carbocycles. The van der Waals surface area contributed by atoms with Crippen molar-refractivity contribution in [2.45, 2.75) is 51.4 Å². The molecule has 1 fully saturated rings. The molecule has 1 unspecified atom stereocenters. The van der Waals surface area contributed by atoms with Crippen molar-refractivity contribution in [1.29, 1.82) is 0 Å². The Morgan fingerprint density at radius 3 is 2.76 bits per heavy atom. The van der Waals surface area contributed by atoms with Crippen molar-refractivity contribution in [3.05, 3.63) is 29.8 Å². The molecule has 2 rings (SSSR count). The monoisotopic (exact) mass is 292 g/mol. The van der Waals surface area contributed by atoms with Crippen molar-refractivity contribution < 1.29 is 14.3 Å². The molecule has 1 aliphatic rings. The third-order valence-electron chi connectivity index (χ3n) is 2.98. The fourth-order valence-corrected chi connectivity index (χ4v) is 1.82. The molecule has 21 heavy (non-hydrogen) atoms. The molecule has 0 spiro atoms. The smallest absolute Gasteiger partial charge is 0.407 e. The van der Waals surface area contributed by atoms with E-state index >= 15 is 0 Å². The molecular formula is C16H24N2O3. The van der Waals surface area contributed by atoms with Crippen LogP contribution in [0.25, 0.3) is 0 Å². The lowest BCUT2D eigenvalue weighted by Gasteiger charge is -2.21. The van der Waals surface area contributed by atoms with E-state index < -0.39 is 11.7 Å². The number of alkyl carbamates (subject to hydrolysis) is 1. The van der Waals surface area contributed by atoms with Gasteiger partial charge >= 0.3 is 6.09 Å². The summed E-state index contributed by atoms with van der Waals surface area (Å²) in [6, 6.07) is 7.41. The number of hydrogen-bond acceptors (Lipinski definition) is 4. The van der Waals surface area contributed by atoms with E-state index in [2.05, 4.69) is 5.32 Å². The maximum absolute atomic E-state index is 11.6. The lowest BCUT2D eigenvalue weighted by atomic mass is 10.1. The number of carbonyl (C=O) groups is 1. The van der Waals surface area contributed by atoms with E-state index in [9.17, 15) is 4.79 Å². The Labute approximate surface area is 125 Å². The summed E-state index contributed by atoms with van der Waals surface area (Å²) in [5.41, 5.74) is 6.52. The van der Waals surface area contributed by atoms with Crippen LogP contribution in [0, 0.1) is 0 Å². The van der Waals surface area contributed by atoms with E-state index in [1.807, 2.05) is 45.0 Å². The summed E-state index contributed by atoms with van der Waals surface area (Å²) in [6.07, 6.45) is 2.15. The molecule has 0 aliphatic heterocycles. The first-order chi connectivity index (χ1) is 9.83. The van der Waals surface area contributed by atoms with Crippen molar-refractivity contribution in [3.8, 4) is 5.75 Å². The highest BCUT2D eigenvalue weighted by atomic mass is 16.6. The maximum atomic E-state index is 11.6. The second-order valence-corrected chi connectivity index (χ2v) is 6.38. The van der Waals surface area contributed by atoms with Crippen molar-refractivity contribution in [3.63, 3.8) is 0 Å². The third kappa shape index (κ3) is 5.63. The van der Waals surface area contributed by atoms with Crippen LogP contribution in [0.15, 0.2) is 24.3 Å². The van der Waals surface area contributed by atoms with Gasteiger partial charge in [-0.15, -0.1) is 0 Å². The minimum atomic E-state index is -0.508. The summed E-state index contributed by atoms with van der Waals surface area (Å²) >= 11 is 0. The van der Waals surface area contributed by atoms with Crippen LogP contribution in [-0.2, 0) is 4.74 Å². The highest BCUT2D eigenvalue weighted by molar-refractivity contribution is 5.67. The Kier molecular flexibility index (Phi) is 4.73. The molecule has 1 atom stereocenters. The molecule has 0 radical (unpaired) electrons. The van der Waals surface area contributed by atoms with Crippen molar-refractivity contribution in [2.75, 3.05) is 6.54 Å². The van der Waals surface area contributed by atoms with E-state index in [-0.39, 0.29) is 6.04 Å². The second-order valence-electron chi connectivity index (χ2n) is 6.38. The Hall–Kier alpha value is -1.75. The lowest BCUT2D eigenvalue weighted by Crippen LogP contribution is -2.36. The predicted molar refractivity (Wildman–Crippen MR) is 81.3 cm³/mol. The van der Waals surface area contributed by atoms with Crippen LogP contribution in [-0.4, -0.2) is 24.3 Å². The Morgan fingerprint density at radius 2 is 2.14 bits per heavy atom. The average Bonchev–Trinajstić information content (AvgIpc) is 3.18. The van der Waals surface area contributed by atoms with Crippen molar-refractivity contribution in [2.24, 2.45) is 5.73 Å². The van der Waals surface area contributed by atoms with E-state index in [1.54, 1.807) is 0 Å². The van der Waals surface area contributed by atoms with E-state index in [4.69, 9.17) is 15.2 Å². The molecule has 0 aromatic heterocycles. The van der Waals surface area contributed by atoms with Crippen LogP contribution >= 0.6 is 0 Å². The van der Waals surface area contributed by atoms with Gasteiger partial charge in [-0.05, 0) is 51.3 Å². The molecule has 116 valence electrons. The molecule has 1 amide bonds. The fraction of sp³-hybridized carbons (Fsp3) is 0.562. The molecule has 1 aromatic rings. The van der Waals surface area contributed by atoms with E-state index in [0.717, 1.165) is 24.2 Å². The van der Waals surface area contributed by atoms with Gasteiger partial charge < -0.3 is 20.5 Å². The summed E-state index contributed by atoms with van der Waals surface area (Å²) in [7, 11) is 0. The van der Waals surface area contributed by atoms with E-state index in [1.165, 1.54) is 0 Å². The van der Waals surface area contributed by atoms with Gasteiger partial charge in [0.05, 0.1) is 6.10 Å². The van der Waals surface area contributed by atoms with E-state index in [0.29, 0.717) is 12.6 Å². The van der Waals surface area contributed by atoms with Crippen LogP contribution in [0.5, 0.6) is 5.75 Å². The van der Waals surface area contributed by atoms with Gasteiger partial charge in [0, 0.05) is 12.6 Å². The van der Waals surface area contributed by atoms with Gasteiger partial charge in [-0.3, -0.25) is 0 Å². The Bertz CT molecular complexity index is 493. The maximum Gasteiger partial charge on any atom is 0.407 e. The van der Waals surface area contributed by atoms with Crippen LogP contribution in [0.4, 0.5) is 4.79 Å². The van der Waals surface area contributed by atoms with Gasteiger partial charge in [0.15, 0.2) is 0 Å². The topological polar surface area (TPSA) is 73.6 Å². The summed E-state index contributed by atoms with van der Waals surface area (Å²) < 4.78 is 10.9. The number of carbonyl (C=O) groups excluding carboxylic acids is 1. The first-order valence-corrected chi connectivity index (χ1v) is 7.32. The quantitative estimate of drug-likeness (QED) is 0.875. The zero-order valence-electron chi connectivity index (χ0n) is 12.9. The molecule has 1 aliphatic carbocycles. The van der Waals surface area contributed by atoms with Gasteiger partial charge in [0.1, 0.15) is 11.4 Å². The van der Waals surface area contributed by atoms with Gasteiger partial charge in [-0.1, -0.05) is 12.1 Å². The summed E-state index contributed by atoms with van der Waals surface area (Å²) in [6.45, 7) is 5.80. The van der Waals surface area contributed by atoms with Gasteiger partial charge in [0.25, 0.3) is 0 Å². The molecule has 3 N–H and O–H groups in total. The summed E-state index contributed by atoms with van der Waals surface area (Å²) in [4.78, 5) is 11.6. The van der Waals surface area contributed by atoms with Crippen LogP contribution in [0.2, 0.25) is 0 Å². The fourth-order valence-electron chi connectivity index (χ4n) is 1.82. The SMILES string of the molecule is CC(C)(C)OC(=O)NCC(N)c1cccc(OC2CC2)c1. The first-order valence-electron chi connectivity index (χ1n) is 7.32. The minimum absolute atomic E-state index is 0.291. The van der Waals surface area contributed by atoms with Crippen molar-refractivity contribution in [1.82, 2.24) is 5.32 Å². The minimum Gasteiger partial charge on any atom is -0.490 e. The Morgan fingerprint density at radius 1 is 1.43 bits per heavy atom. The molecular weight excluding hydrogens is 268 g/mol. The zero-order chi connectivity index (χ0) is 15.5. The Balaban J connectivity index is 1.84. The van der Waals surface area contributed by atoms with Gasteiger partial charge in [-0.2, -0.15) is 0 Å². The van der Waals surface area contributed by atoms with Gasteiger partial charge in [0.2, 0.25) is 0 Å². The van der Waals surface area contributed by atoms with Crippen LogP contribution < -0.4 is 15.8 Å². The van der Waals surface area contributed by atoms with Crippen LogP contribution in [0.3, 0.4) is 0 Å². The number of rotatable bonds is 5. The summed E-state index contributed by atoms with van der Waals surface area (Å²) in [5.74, 6) is 0.836. The molecule has 5 nitrogen and oxygen atoms in total. The second kappa shape index (κ2) is 6.35. The van der Waals surface area contributed by atoms with Gasteiger partial charge in [-0.25, -0.2) is 4.79 Å².